The molecule has 0 spiro atoms. The lowest BCUT2D eigenvalue weighted by Crippen LogP contribution is -2.41. The van der Waals surface area contributed by atoms with Gasteiger partial charge in [-0.2, -0.15) is 0 Å². The number of benzene rings is 2. The second kappa shape index (κ2) is 6.88. The Labute approximate surface area is 148 Å². The first-order valence-electron chi connectivity index (χ1n) is 7.30. The summed E-state index contributed by atoms with van der Waals surface area (Å²) in [6.45, 7) is -0.00416. The monoisotopic (exact) mass is 386 g/mol. The summed E-state index contributed by atoms with van der Waals surface area (Å²) in [5, 5.41) is 2.76. The zero-order valence-electron chi connectivity index (χ0n) is 13.0. The van der Waals surface area contributed by atoms with Crippen LogP contribution < -0.4 is 15.0 Å². The van der Waals surface area contributed by atoms with Gasteiger partial charge < -0.3 is 10.1 Å². The number of para-hydroxylation sites is 2. The molecule has 1 aliphatic rings. The quantitative estimate of drug-likeness (QED) is 0.821. The van der Waals surface area contributed by atoms with Crippen LogP contribution in [0.5, 0.6) is 5.75 Å². The topological polar surface area (TPSA) is 58.6 Å². The lowest BCUT2D eigenvalue weighted by atomic mass is 10.1. The van der Waals surface area contributed by atoms with E-state index in [1.54, 1.807) is 25.3 Å². The van der Waals surface area contributed by atoms with Crippen molar-refractivity contribution in [2.75, 3.05) is 23.9 Å². The van der Waals surface area contributed by atoms with Crippen molar-refractivity contribution in [3.63, 3.8) is 0 Å². The first-order valence-corrected chi connectivity index (χ1v) is 8.10. The molecule has 0 unspecified atom stereocenters. The maximum absolute atomic E-state index is 12.6. The highest BCUT2D eigenvalue weighted by atomic mass is 79.9. The average molecular weight is 387 g/mol. The number of rotatable bonds is 3. The van der Waals surface area contributed by atoms with Crippen molar-refractivity contribution in [1.82, 2.24) is 0 Å². The number of amides is 2. The molecule has 2 amide bonds. The predicted molar refractivity (Wildman–Crippen MR) is 97.2 cm³/mol. The zero-order chi connectivity index (χ0) is 17.1. The van der Waals surface area contributed by atoms with Gasteiger partial charge in [0.2, 0.25) is 5.91 Å². The molecule has 5 nitrogen and oxygen atoms in total. The molecule has 1 N–H and O–H groups in total. The van der Waals surface area contributed by atoms with Crippen LogP contribution in [-0.2, 0) is 9.59 Å². The smallest absolute Gasteiger partial charge is 0.251 e. The van der Waals surface area contributed by atoms with Crippen molar-refractivity contribution < 1.29 is 14.3 Å². The van der Waals surface area contributed by atoms with Gasteiger partial charge in [0.05, 0.1) is 18.5 Å². The molecule has 0 fully saturated rings. The van der Waals surface area contributed by atoms with Crippen LogP contribution in [-0.4, -0.2) is 25.5 Å². The van der Waals surface area contributed by atoms with Gasteiger partial charge in [-0.1, -0.05) is 28.1 Å². The molecule has 1 aliphatic heterocycles. The van der Waals surface area contributed by atoms with E-state index in [2.05, 4.69) is 21.2 Å². The van der Waals surface area contributed by atoms with Gasteiger partial charge in [0.1, 0.15) is 12.3 Å². The van der Waals surface area contributed by atoms with E-state index >= 15 is 0 Å². The highest BCUT2D eigenvalue weighted by Crippen LogP contribution is 2.29. The summed E-state index contributed by atoms with van der Waals surface area (Å²) < 4.78 is 6.18. The highest BCUT2D eigenvalue weighted by molar-refractivity contribution is 9.10. The SMILES string of the molecule is COc1ccc(Br)cc1/C=C/C(=O)N1CC(=O)Nc2ccccc21. The van der Waals surface area contributed by atoms with Gasteiger partial charge >= 0.3 is 0 Å². The van der Waals surface area contributed by atoms with Gasteiger partial charge in [0.15, 0.2) is 0 Å². The first-order chi connectivity index (χ1) is 11.6. The number of nitrogens with one attached hydrogen (secondary N) is 1. The number of halogens is 1. The van der Waals surface area contributed by atoms with Crippen molar-refractivity contribution in [1.29, 1.82) is 0 Å². The van der Waals surface area contributed by atoms with Gasteiger partial charge in [0.25, 0.3) is 5.91 Å². The molecule has 24 heavy (non-hydrogen) atoms. The predicted octanol–water partition coefficient (Wildman–Crippen LogP) is 3.46. The van der Waals surface area contributed by atoms with Crippen molar-refractivity contribution in [2.45, 2.75) is 0 Å². The van der Waals surface area contributed by atoms with E-state index < -0.39 is 0 Å². The number of hydrogen-bond donors (Lipinski definition) is 1. The number of anilines is 2. The minimum absolute atomic E-state index is 0.00416. The lowest BCUT2D eigenvalue weighted by molar-refractivity contribution is -0.119. The van der Waals surface area contributed by atoms with E-state index in [-0.39, 0.29) is 18.4 Å². The Morgan fingerprint density at radius 1 is 1.29 bits per heavy atom. The standard InChI is InChI=1S/C18H15BrN2O3/c1-24-16-8-7-13(19)10-12(16)6-9-18(23)21-11-17(22)20-14-4-2-3-5-15(14)21/h2-10H,11H2,1H3,(H,20,22)/b9-6+. The lowest BCUT2D eigenvalue weighted by Gasteiger charge is -2.28. The van der Waals surface area contributed by atoms with Crippen molar-refractivity contribution in [3.05, 3.63) is 58.6 Å². The fourth-order valence-corrected chi connectivity index (χ4v) is 2.90. The highest BCUT2D eigenvalue weighted by Gasteiger charge is 2.25. The van der Waals surface area contributed by atoms with Gasteiger partial charge in [0, 0.05) is 16.1 Å². The largest absolute Gasteiger partial charge is 0.496 e. The summed E-state index contributed by atoms with van der Waals surface area (Å²) in [7, 11) is 1.58. The molecule has 0 aromatic heterocycles. The number of fused-ring (bicyclic) bond motifs is 1. The third kappa shape index (κ3) is 3.33. The van der Waals surface area contributed by atoms with Crippen LogP contribution in [0.15, 0.2) is 53.0 Å². The van der Waals surface area contributed by atoms with Gasteiger partial charge in [-0.05, 0) is 36.4 Å². The van der Waals surface area contributed by atoms with Gasteiger partial charge in [-0.15, -0.1) is 0 Å². The Bertz CT molecular complexity index is 833. The van der Waals surface area contributed by atoms with E-state index in [0.717, 1.165) is 10.0 Å². The van der Waals surface area contributed by atoms with Crippen LogP contribution in [0.25, 0.3) is 6.08 Å². The van der Waals surface area contributed by atoms with E-state index in [4.69, 9.17) is 4.74 Å². The summed E-state index contributed by atoms with van der Waals surface area (Å²) >= 11 is 3.40. The molecule has 1 heterocycles. The Hall–Kier alpha value is -2.60. The molecular weight excluding hydrogens is 372 g/mol. The molecule has 0 atom stereocenters. The molecular formula is C18H15BrN2O3. The van der Waals surface area contributed by atoms with Crippen LogP contribution in [0.3, 0.4) is 0 Å². The number of ether oxygens (including phenoxy) is 1. The minimum atomic E-state index is -0.265. The maximum atomic E-state index is 12.6. The molecule has 0 aliphatic carbocycles. The average Bonchev–Trinajstić information content (AvgIpc) is 2.59. The van der Waals surface area contributed by atoms with Crippen molar-refractivity contribution in [3.8, 4) is 5.75 Å². The van der Waals surface area contributed by atoms with Crippen molar-refractivity contribution in [2.24, 2.45) is 0 Å². The Kier molecular flexibility index (Phi) is 4.66. The van der Waals surface area contributed by atoms with Crippen LogP contribution in [0.1, 0.15) is 5.56 Å². The molecule has 122 valence electrons. The molecule has 0 radical (unpaired) electrons. The molecule has 3 rings (SSSR count). The van der Waals surface area contributed by atoms with Gasteiger partial charge in [-0.25, -0.2) is 0 Å². The third-order valence-electron chi connectivity index (χ3n) is 3.63. The van der Waals surface area contributed by atoms with E-state index in [1.165, 1.54) is 11.0 Å². The summed E-state index contributed by atoms with van der Waals surface area (Å²) in [5.41, 5.74) is 2.10. The van der Waals surface area contributed by atoms with Crippen LogP contribution in [0.2, 0.25) is 0 Å². The van der Waals surface area contributed by atoms with E-state index in [0.29, 0.717) is 17.1 Å². The van der Waals surface area contributed by atoms with Crippen LogP contribution in [0.4, 0.5) is 11.4 Å². The normalized spacial score (nSPS) is 13.6. The number of carbonyl (C=O) groups is 2. The maximum Gasteiger partial charge on any atom is 0.251 e. The van der Waals surface area contributed by atoms with Gasteiger partial charge in [-0.3, -0.25) is 14.5 Å². The summed E-state index contributed by atoms with van der Waals surface area (Å²) in [6, 6.07) is 12.8. The summed E-state index contributed by atoms with van der Waals surface area (Å²) in [5.74, 6) is 0.189. The first kappa shape index (κ1) is 16.3. The molecule has 2 aromatic carbocycles. The number of methoxy groups -OCH3 is 1. The molecule has 0 saturated carbocycles. The summed E-state index contributed by atoms with van der Waals surface area (Å²) in [4.78, 5) is 25.8. The third-order valence-corrected chi connectivity index (χ3v) is 4.13. The van der Waals surface area contributed by atoms with Crippen LogP contribution in [0, 0.1) is 0 Å². The Morgan fingerprint density at radius 2 is 2.08 bits per heavy atom. The molecule has 0 saturated heterocycles. The summed E-state index contributed by atoms with van der Waals surface area (Å²) in [6.07, 6.45) is 3.13. The fraction of sp³-hybridized carbons (Fsp3) is 0.111. The molecule has 6 heteroatoms. The van der Waals surface area contributed by atoms with E-state index in [9.17, 15) is 9.59 Å². The number of carbonyl (C=O) groups excluding carboxylic acids is 2. The van der Waals surface area contributed by atoms with E-state index in [1.807, 2.05) is 30.3 Å². The zero-order valence-corrected chi connectivity index (χ0v) is 14.5. The number of hydrogen-bond acceptors (Lipinski definition) is 3. The molecule has 2 aromatic rings. The molecule has 0 bridgehead atoms. The Balaban J connectivity index is 1.88. The second-order valence-electron chi connectivity index (χ2n) is 5.21. The minimum Gasteiger partial charge on any atom is -0.496 e. The number of nitrogens with zero attached hydrogens (tertiary/aromatic N) is 1. The fourth-order valence-electron chi connectivity index (χ4n) is 2.52. The van der Waals surface area contributed by atoms with Crippen LogP contribution >= 0.6 is 15.9 Å². The van der Waals surface area contributed by atoms with Crippen molar-refractivity contribution >= 4 is 45.2 Å². The second-order valence-corrected chi connectivity index (χ2v) is 6.12. The Morgan fingerprint density at radius 3 is 2.88 bits per heavy atom.